The number of imidazole rings is 1. The number of aromatic amines is 1. The Morgan fingerprint density at radius 3 is 3.13 bits per heavy atom. The van der Waals surface area contributed by atoms with Crippen molar-refractivity contribution >= 4 is 35.0 Å². The molecule has 15 heavy (non-hydrogen) atoms. The Balaban J connectivity index is 2.53. The van der Waals surface area contributed by atoms with Gasteiger partial charge in [0.2, 0.25) is 0 Å². The van der Waals surface area contributed by atoms with Crippen LogP contribution in [-0.4, -0.2) is 14.5 Å². The maximum absolute atomic E-state index is 5.86. The predicted octanol–water partition coefficient (Wildman–Crippen LogP) is 3.55. The van der Waals surface area contributed by atoms with Crippen LogP contribution in [0.2, 0.25) is 5.02 Å². The lowest BCUT2D eigenvalue weighted by molar-refractivity contribution is 0.635. The third kappa shape index (κ3) is 2.06. The molecule has 0 saturated carbocycles. The Hall–Kier alpha value is -0.870. The first-order valence-electron chi connectivity index (χ1n) is 4.96. The van der Waals surface area contributed by atoms with Gasteiger partial charge >= 0.3 is 0 Å². The van der Waals surface area contributed by atoms with Crippen molar-refractivity contribution in [2.24, 2.45) is 0 Å². The van der Waals surface area contributed by atoms with Crippen LogP contribution in [0.5, 0.6) is 0 Å². The van der Waals surface area contributed by atoms with Gasteiger partial charge in [-0.3, -0.25) is 0 Å². The second kappa shape index (κ2) is 4.33. The van der Waals surface area contributed by atoms with Crippen LogP contribution in [0.3, 0.4) is 0 Å². The molecule has 0 saturated heterocycles. The van der Waals surface area contributed by atoms with Gasteiger partial charge in [0.1, 0.15) is 0 Å². The highest BCUT2D eigenvalue weighted by Gasteiger charge is 2.05. The van der Waals surface area contributed by atoms with Crippen molar-refractivity contribution in [2.45, 2.75) is 26.3 Å². The zero-order valence-corrected chi connectivity index (χ0v) is 10.0. The van der Waals surface area contributed by atoms with Gasteiger partial charge in [-0.2, -0.15) is 0 Å². The van der Waals surface area contributed by atoms with Crippen LogP contribution in [0, 0.1) is 4.77 Å². The van der Waals surface area contributed by atoms with Gasteiger partial charge in [-0.25, -0.2) is 4.98 Å². The van der Waals surface area contributed by atoms with Crippen LogP contribution in [0.1, 0.15) is 19.8 Å². The summed E-state index contributed by atoms with van der Waals surface area (Å²) in [6, 6.07) is 1.85. The Morgan fingerprint density at radius 2 is 2.40 bits per heavy atom. The average Bonchev–Trinajstić information content (AvgIpc) is 2.50. The van der Waals surface area contributed by atoms with Crippen molar-refractivity contribution in [1.82, 2.24) is 14.5 Å². The number of fused-ring (bicyclic) bond motifs is 1. The predicted molar refractivity (Wildman–Crippen MR) is 64.8 cm³/mol. The van der Waals surface area contributed by atoms with Crippen molar-refractivity contribution in [1.29, 1.82) is 0 Å². The van der Waals surface area contributed by atoms with Gasteiger partial charge in [-0.05, 0) is 24.7 Å². The molecule has 0 amide bonds. The first kappa shape index (κ1) is 10.6. The number of rotatable bonds is 3. The third-order valence-corrected chi connectivity index (χ3v) is 2.84. The molecule has 80 valence electrons. The molecule has 2 heterocycles. The molecule has 0 aliphatic heterocycles. The SMILES string of the molecule is CCCCn1c(=S)[nH]c2cc(Cl)cnc21. The lowest BCUT2D eigenvalue weighted by atomic mass is 10.3. The van der Waals surface area contributed by atoms with E-state index < -0.39 is 0 Å². The molecule has 0 bridgehead atoms. The monoisotopic (exact) mass is 241 g/mol. The number of H-pyrrole nitrogens is 1. The molecule has 3 nitrogen and oxygen atoms in total. The van der Waals surface area contributed by atoms with E-state index in [-0.39, 0.29) is 0 Å². The maximum atomic E-state index is 5.86. The molecule has 0 unspecified atom stereocenters. The summed E-state index contributed by atoms with van der Waals surface area (Å²) < 4.78 is 2.73. The Morgan fingerprint density at radius 1 is 1.60 bits per heavy atom. The molecule has 0 aliphatic carbocycles. The van der Waals surface area contributed by atoms with Gasteiger partial charge in [0.05, 0.1) is 10.5 Å². The van der Waals surface area contributed by atoms with Gasteiger partial charge in [-0.1, -0.05) is 24.9 Å². The standard InChI is InChI=1S/C10H12ClN3S/c1-2-3-4-14-9-8(13-10(14)15)5-7(11)6-12-9/h5-6H,2-4H2,1H3,(H,13,15). The second-order valence-corrected chi connectivity index (χ2v) is 4.28. The van der Waals surface area contributed by atoms with Crippen molar-refractivity contribution in [3.63, 3.8) is 0 Å². The number of nitrogens with zero attached hydrogens (tertiary/aromatic N) is 2. The summed E-state index contributed by atoms with van der Waals surface area (Å²) in [5, 5.41) is 0.626. The van der Waals surface area contributed by atoms with E-state index in [9.17, 15) is 0 Å². The second-order valence-electron chi connectivity index (χ2n) is 3.46. The van der Waals surface area contributed by atoms with E-state index in [2.05, 4.69) is 16.9 Å². The number of pyridine rings is 1. The van der Waals surface area contributed by atoms with Crippen LogP contribution in [-0.2, 0) is 6.54 Å². The summed E-state index contributed by atoms with van der Waals surface area (Å²) in [7, 11) is 0. The summed E-state index contributed by atoms with van der Waals surface area (Å²) in [4.78, 5) is 7.40. The minimum absolute atomic E-state index is 0.626. The first-order chi connectivity index (χ1) is 7.22. The summed E-state index contributed by atoms with van der Waals surface area (Å²) in [6.45, 7) is 3.06. The Bertz CT molecular complexity index is 529. The highest BCUT2D eigenvalue weighted by molar-refractivity contribution is 7.71. The number of hydrogen-bond donors (Lipinski definition) is 1. The van der Waals surface area contributed by atoms with Crippen LogP contribution in [0.25, 0.3) is 11.2 Å². The fourth-order valence-electron chi connectivity index (χ4n) is 1.54. The molecule has 0 spiro atoms. The fraction of sp³-hybridized carbons (Fsp3) is 0.400. The van der Waals surface area contributed by atoms with E-state index in [0.717, 1.165) is 30.6 Å². The van der Waals surface area contributed by atoms with Crippen molar-refractivity contribution in [3.8, 4) is 0 Å². The van der Waals surface area contributed by atoms with Crippen LogP contribution in [0.4, 0.5) is 0 Å². The molecule has 0 atom stereocenters. The van der Waals surface area contributed by atoms with E-state index in [4.69, 9.17) is 23.8 Å². The van der Waals surface area contributed by atoms with Crippen LogP contribution < -0.4 is 0 Å². The van der Waals surface area contributed by atoms with Crippen LogP contribution >= 0.6 is 23.8 Å². The molecule has 2 rings (SSSR count). The molecule has 5 heteroatoms. The third-order valence-electron chi connectivity index (χ3n) is 2.31. The number of aryl methyl sites for hydroxylation is 1. The molecule has 0 fully saturated rings. The van der Waals surface area contributed by atoms with Gasteiger partial charge in [0, 0.05) is 12.7 Å². The number of nitrogens with one attached hydrogen (secondary N) is 1. The number of aromatic nitrogens is 3. The molecule has 0 aromatic carbocycles. The number of hydrogen-bond acceptors (Lipinski definition) is 2. The van der Waals surface area contributed by atoms with E-state index in [1.807, 2.05) is 10.6 Å². The lowest BCUT2D eigenvalue weighted by Gasteiger charge is -2.01. The molecule has 0 aliphatic rings. The minimum Gasteiger partial charge on any atom is -0.329 e. The first-order valence-corrected chi connectivity index (χ1v) is 5.75. The molecular weight excluding hydrogens is 230 g/mol. The highest BCUT2D eigenvalue weighted by atomic mass is 35.5. The van der Waals surface area contributed by atoms with Gasteiger partial charge in [-0.15, -0.1) is 0 Å². The van der Waals surface area contributed by atoms with E-state index in [1.165, 1.54) is 0 Å². The number of halogens is 1. The van der Waals surface area contributed by atoms with E-state index in [1.54, 1.807) is 6.20 Å². The van der Waals surface area contributed by atoms with Crippen molar-refractivity contribution in [3.05, 3.63) is 22.1 Å². The molecule has 1 N–H and O–H groups in total. The molecular formula is C10H12ClN3S. The van der Waals surface area contributed by atoms with Crippen molar-refractivity contribution in [2.75, 3.05) is 0 Å². The normalized spacial score (nSPS) is 11.1. The van der Waals surface area contributed by atoms with Crippen molar-refractivity contribution < 1.29 is 0 Å². The quantitative estimate of drug-likeness (QED) is 0.834. The van der Waals surface area contributed by atoms with Crippen LogP contribution in [0.15, 0.2) is 12.3 Å². The summed E-state index contributed by atoms with van der Waals surface area (Å²) >= 11 is 11.1. The maximum Gasteiger partial charge on any atom is 0.179 e. The topological polar surface area (TPSA) is 33.6 Å². The fourth-order valence-corrected chi connectivity index (χ4v) is 1.99. The summed E-state index contributed by atoms with van der Waals surface area (Å²) in [5.41, 5.74) is 1.79. The lowest BCUT2D eigenvalue weighted by Crippen LogP contribution is -1.98. The van der Waals surface area contributed by atoms with E-state index in [0.29, 0.717) is 9.79 Å². The van der Waals surface area contributed by atoms with Gasteiger partial charge < -0.3 is 9.55 Å². The Kier molecular flexibility index (Phi) is 3.07. The minimum atomic E-state index is 0.626. The highest BCUT2D eigenvalue weighted by Crippen LogP contribution is 2.16. The zero-order chi connectivity index (χ0) is 10.8. The largest absolute Gasteiger partial charge is 0.329 e. The molecule has 2 aromatic rings. The Labute approximate surface area is 98.1 Å². The summed E-state index contributed by atoms with van der Waals surface area (Å²) in [6.07, 6.45) is 3.89. The molecule has 2 aromatic heterocycles. The smallest absolute Gasteiger partial charge is 0.179 e. The average molecular weight is 242 g/mol. The summed E-state index contributed by atoms with van der Waals surface area (Å²) in [5.74, 6) is 0. The zero-order valence-electron chi connectivity index (χ0n) is 8.46. The van der Waals surface area contributed by atoms with Gasteiger partial charge in [0.25, 0.3) is 0 Å². The molecule has 0 radical (unpaired) electrons. The van der Waals surface area contributed by atoms with Gasteiger partial charge in [0.15, 0.2) is 10.4 Å². The van der Waals surface area contributed by atoms with E-state index >= 15 is 0 Å². The number of unbranched alkanes of at least 4 members (excludes halogenated alkanes) is 1.